The van der Waals surface area contributed by atoms with Crippen molar-refractivity contribution >= 4 is 21.8 Å². The van der Waals surface area contributed by atoms with E-state index in [0.29, 0.717) is 16.7 Å². The lowest BCUT2D eigenvalue weighted by atomic mass is 10.2. The standard InChI is InChI=1S/C22H18F3N3O3/c1-30-19-11-18-16(21(29)28(13-26-18)12-22(23,24)25)10-20(19)31-9-8-15-7-6-14-4-2-3-5-17(14)27-15/h2-7,10-11,13H,8-9,12H2,1H3. The fourth-order valence-corrected chi connectivity index (χ4v) is 3.26. The summed E-state index contributed by atoms with van der Waals surface area (Å²) in [4.78, 5) is 21.0. The second kappa shape index (κ2) is 8.25. The summed E-state index contributed by atoms with van der Waals surface area (Å²) in [6.45, 7) is -1.17. The van der Waals surface area contributed by atoms with Crippen LogP contribution in [-0.2, 0) is 13.0 Å². The van der Waals surface area contributed by atoms with Crippen LogP contribution in [0.3, 0.4) is 0 Å². The van der Waals surface area contributed by atoms with E-state index in [1.165, 1.54) is 19.2 Å². The van der Waals surface area contributed by atoms with Crippen LogP contribution >= 0.6 is 0 Å². The molecule has 160 valence electrons. The molecule has 0 atom stereocenters. The monoisotopic (exact) mass is 429 g/mol. The smallest absolute Gasteiger partial charge is 0.406 e. The molecule has 6 nitrogen and oxygen atoms in total. The van der Waals surface area contributed by atoms with Crippen molar-refractivity contribution in [2.45, 2.75) is 19.1 Å². The number of aromatic nitrogens is 3. The van der Waals surface area contributed by atoms with Gasteiger partial charge < -0.3 is 9.47 Å². The van der Waals surface area contributed by atoms with Crippen molar-refractivity contribution in [3.05, 3.63) is 70.9 Å². The van der Waals surface area contributed by atoms with Crippen LogP contribution in [0.1, 0.15) is 5.69 Å². The fraction of sp³-hybridized carbons (Fsp3) is 0.227. The SMILES string of the molecule is COc1cc2ncn(CC(F)(F)F)c(=O)c2cc1OCCc1ccc2ccccc2n1. The molecule has 0 N–H and O–H groups in total. The molecule has 0 unspecified atom stereocenters. The first-order valence-corrected chi connectivity index (χ1v) is 9.45. The van der Waals surface area contributed by atoms with Crippen molar-refractivity contribution in [3.8, 4) is 11.5 Å². The predicted octanol–water partition coefficient (Wildman–Crippen LogP) is 4.14. The number of pyridine rings is 1. The molecule has 2 aromatic carbocycles. The lowest BCUT2D eigenvalue weighted by molar-refractivity contribution is -0.141. The zero-order valence-electron chi connectivity index (χ0n) is 16.5. The van der Waals surface area contributed by atoms with E-state index in [9.17, 15) is 18.0 Å². The molecule has 2 heterocycles. The van der Waals surface area contributed by atoms with Gasteiger partial charge in [-0.2, -0.15) is 13.2 Å². The van der Waals surface area contributed by atoms with Gasteiger partial charge in [0.15, 0.2) is 11.5 Å². The molecular formula is C22H18F3N3O3. The molecule has 0 aliphatic carbocycles. The number of ether oxygens (including phenoxy) is 2. The third-order valence-corrected chi connectivity index (χ3v) is 4.73. The van der Waals surface area contributed by atoms with Crippen LogP contribution in [0, 0.1) is 0 Å². The highest BCUT2D eigenvalue weighted by Gasteiger charge is 2.29. The Kier molecular flexibility index (Phi) is 5.50. The summed E-state index contributed by atoms with van der Waals surface area (Å²) in [5, 5.41) is 1.05. The molecule has 0 amide bonds. The van der Waals surface area contributed by atoms with Crippen LogP contribution in [0.15, 0.2) is 59.7 Å². The Morgan fingerprint density at radius 2 is 1.84 bits per heavy atom. The molecule has 9 heteroatoms. The zero-order valence-corrected chi connectivity index (χ0v) is 16.5. The minimum atomic E-state index is -4.53. The molecule has 0 saturated carbocycles. The number of rotatable bonds is 6. The van der Waals surface area contributed by atoms with Gasteiger partial charge >= 0.3 is 6.18 Å². The minimum Gasteiger partial charge on any atom is -0.493 e. The average Bonchev–Trinajstić information content (AvgIpc) is 2.74. The highest BCUT2D eigenvalue weighted by molar-refractivity contribution is 5.81. The molecule has 2 aromatic heterocycles. The highest BCUT2D eigenvalue weighted by atomic mass is 19.4. The molecule has 31 heavy (non-hydrogen) atoms. The van der Waals surface area contributed by atoms with Gasteiger partial charge in [0.05, 0.1) is 36.5 Å². The van der Waals surface area contributed by atoms with E-state index in [4.69, 9.17) is 9.47 Å². The maximum atomic E-state index is 12.7. The zero-order chi connectivity index (χ0) is 22.0. The van der Waals surface area contributed by atoms with Gasteiger partial charge in [0.1, 0.15) is 6.54 Å². The summed E-state index contributed by atoms with van der Waals surface area (Å²) in [7, 11) is 1.43. The van der Waals surface area contributed by atoms with Gasteiger partial charge in [0.2, 0.25) is 0 Å². The van der Waals surface area contributed by atoms with Crippen molar-refractivity contribution in [1.29, 1.82) is 0 Å². The van der Waals surface area contributed by atoms with E-state index in [0.717, 1.165) is 22.9 Å². The molecule has 0 aliphatic rings. The molecule has 4 rings (SSSR count). The third kappa shape index (κ3) is 4.60. The first-order valence-electron chi connectivity index (χ1n) is 9.45. The van der Waals surface area contributed by atoms with Crippen LogP contribution in [-0.4, -0.2) is 34.4 Å². The summed E-state index contributed by atoms with van der Waals surface area (Å²) >= 11 is 0. The summed E-state index contributed by atoms with van der Waals surface area (Å²) in [5.74, 6) is 0.582. The van der Waals surface area contributed by atoms with Gasteiger partial charge in [-0.1, -0.05) is 24.3 Å². The van der Waals surface area contributed by atoms with Crippen LogP contribution in [0.4, 0.5) is 13.2 Å². The van der Waals surface area contributed by atoms with E-state index in [2.05, 4.69) is 9.97 Å². The van der Waals surface area contributed by atoms with E-state index in [1.54, 1.807) is 0 Å². The summed E-state index contributed by atoms with van der Waals surface area (Å²) < 4.78 is 49.7. The summed E-state index contributed by atoms with van der Waals surface area (Å²) in [5.41, 5.74) is 1.13. The van der Waals surface area contributed by atoms with Gasteiger partial charge in [-0.15, -0.1) is 0 Å². The molecular weight excluding hydrogens is 411 g/mol. The van der Waals surface area contributed by atoms with Gasteiger partial charge in [-0.3, -0.25) is 14.3 Å². The number of para-hydroxylation sites is 1. The summed E-state index contributed by atoms with van der Waals surface area (Å²) in [6, 6.07) is 14.5. The van der Waals surface area contributed by atoms with Gasteiger partial charge in [0, 0.05) is 23.6 Å². The van der Waals surface area contributed by atoms with Crippen LogP contribution in [0.5, 0.6) is 11.5 Å². The topological polar surface area (TPSA) is 66.2 Å². The Labute approximate surface area is 174 Å². The molecule has 0 radical (unpaired) electrons. The quantitative estimate of drug-likeness (QED) is 0.461. The van der Waals surface area contributed by atoms with Crippen molar-refractivity contribution in [1.82, 2.24) is 14.5 Å². The predicted molar refractivity (Wildman–Crippen MR) is 110 cm³/mol. The van der Waals surface area contributed by atoms with E-state index >= 15 is 0 Å². The van der Waals surface area contributed by atoms with Crippen LogP contribution in [0.25, 0.3) is 21.8 Å². The van der Waals surface area contributed by atoms with Crippen molar-refractivity contribution in [3.63, 3.8) is 0 Å². The number of methoxy groups -OCH3 is 1. The fourth-order valence-electron chi connectivity index (χ4n) is 3.26. The first-order chi connectivity index (χ1) is 14.8. The van der Waals surface area contributed by atoms with Gasteiger partial charge in [-0.05, 0) is 18.2 Å². The molecule has 0 saturated heterocycles. The Hall–Kier alpha value is -3.62. The van der Waals surface area contributed by atoms with E-state index < -0.39 is 18.3 Å². The lowest BCUT2D eigenvalue weighted by Gasteiger charge is -2.13. The van der Waals surface area contributed by atoms with E-state index in [1.807, 2.05) is 36.4 Å². The van der Waals surface area contributed by atoms with Crippen LogP contribution in [0.2, 0.25) is 0 Å². The number of fused-ring (bicyclic) bond motifs is 2. The Morgan fingerprint density at radius 1 is 1.03 bits per heavy atom. The third-order valence-electron chi connectivity index (χ3n) is 4.73. The molecule has 0 fully saturated rings. The highest BCUT2D eigenvalue weighted by Crippen LogP contribution is 2.30. The number of hydrogen-bond donors (Lipinski definition) is 0. The Bertz CT molecular complexity index is 1300. The Morgan fingerprint density at radius 3 is 2.61 bits per heavy atom. The number of halogens is 3. The average molecular weight is 429 g/mol. The van der Waals surface area contributed by atoms with Crippen molar-refractivity contribution < 1.29 is 22.6 Å². The lowest BCUT2D eigenvalue weighted by Crippen LogP contribution is -2.28. The Balaban J connectivity index is 1.57. The second-order valence-electron chi connectivity index (χ2n) is 6.91. The number of benzene rings is 2. The number of hydrogen-bond acceptors (Lipinski definition) is 5. The number of alkyl halides is 3. The molecule has 0 aliphatic heterocycles. The minimum absolute atomic E-state index is 0.0198. The van der Waals surface area contributed by atoms with Crippen molar-refractivity contribution in [2.24, 2.45) is 0 Å². The molecule has 0 spiro atoms. The summed E-state index contributed by atoms with van der Waals surface area (Å²) in [6.07, 6.45) is -3.15. The number of nitrogens with zero attached hydrogens (tertiary/aromatic N) is 3. The largest absolute Gasteiger partial charge is 0.493 e. The normalized spacial score (nSPS) is 11.7. The molecule has 4 aromatic rings. The van der Waals surface area contributed by atoms with Gasteiger partial charge in [0.25, 0.3) is 5.56 Å². The maximum Gasteiger partial charge on any atom is 0.406 e. The van der Waals surface area contributed by atoms with E-state index in [-0.39, 0.29) is 23.3 Å². The second-order valence-corrected chi connectivity index (χ2v) is 6.91. The van der Waals surface area contributed by atoms with Gasteiger partial charge in [-0.25, -0.2) is 4.98 Å². The maximum absolute atomic E-state index is 12.7. The first kappa shape index (κ1) is 20.6. The van der Waals surface area contributed by atoms with Crippen LogP contribution < -0.4 is 15.0 Å². The van der Waals surface area contributed by atoms with Crippen molar-refractivity contribution in [2.75, 3.05) is 13.7 Å². The molecule has 0 bridgehead atoms.